The molecule has 0 radical (unpaired) electrons. The first-order valence-electron chi connectivity index (χ1n) is 14.2. The van der Waals surface area contributed by atoms with Crippen LogP contribution in [-0.2, 0) is 21.5 Å². The van der Waals surface area contributed by atoms with E-state index >= 15 is 0 Å². The van der Waals surface area contributed by atoms with Crippen LogP contribution in [0.4, 0.5) is 4.79 Å². The van der Waals surface area contributed by atoms with Gasteiger partial charge in [-0.3, -0.25) is 14.8 Å². The van der Waals surface area contributed by atoms with E-state index in [2.05, 4.69) is 15.3 Å². The number of carbonyl (C=O) groups excluding carboxylic acids is 1. The predicted molar refractivity (Wildman–Crippen MR) is 166 cm³/mol. The van der Waals surface area contributed by atoms with Crippen molar-refractivity contribution in [3.8, 4) is 22.4 Å². The minimum atomic E-state index is -1.39. The second-order valence-electron chi connectivity index (χ2n) is 11.3. The Morgan fingerprint density at radius 1 is 0.884 bits per heavy atom. The number of nitrogens with zero attached hydrogens (tertiary/aromatic N) is 3. The highest BCUT2D eigenvalue weighted by molar-refractivity contribution is 5.97. The first kappa shape index (κ1) is 29.4. The van der Waals surface area contributed by atoms with Gasteiger partial charge in [0.25, 0.3) is 0 Å². The molecular formula is C35H34N4O4. The number of hydrogen-bond acceptors (Lipinski definition) is 6. The highest BCUT2D eigenvalue weighted by Gasteiger charge is 2.43. The van der Waals surface area contributed by atoms with E-state index in [4.69, 9.17) is 9.72 Å². The molecule has 8 nitrogen and oxygen atoms in total. The lowest BCUT2D eigenvalue weighted by atomic mass is 9.74. The lowest BCUT2D eigenvalue weighted by Gasteiger charge is -2.29. The quantitative estimate of drug-likeness (QED) is 0.202. The summed E-state index contributed by atoms with van der Waals surface area (Å²) in [5.41, 5.74) is 4.08. The van der Waals surface area contributed by atoms with Crippen molar-refractivity contribution < 1.29 is 19.4 Å². The number of ether oxygens (including phenoxy) is 1. The molecule has 0 aliphatic heterocycles. The van der Waals surface area contributed by atoms with Crippen LogP contribution in [0.3, 0.4) is 0 Å². The van der Waals surface area contributed by atoms with Gasteiger partial charge in [-0.15, -0.1) is 0 Å². The molecule has 0 spiro atoms. The monoisotopic (exact) mass is 574 g/mol. The molecule has 3 aromatic heterocycles. The molecular weight excluding hydrogens is 540 g/mol. The van der Waals surface area contributed by atoms with Crippen LogP contribution in [0.15, 0.2) is 97.5 Å². The third-order valence-electron chi connectivity index (χ3n) is 7.36. The third kappa shape index (κ3) is 6.09. The van der Waals surface area contributed by atoms with E-state index in [9.17, 15) is 14.7 Å². The van der Waals surface area contributed by atoms with Gasteiger partial charge in [-0.1, -0.05) is 61.5 Å². The Morgan fingerprint density at radius 3 is 2.21 bits per heavy atom. The van der Waals surface area contributed by atoms with E-state index < -0.39 is 23.1 Å². The maximum absolute atomic E-state index is 13.0. The molecule has 0 fully saturated rings. The molecule has 2 N–H and O–H groups in total. The summed E-state index contributed by atoms with van der Waals surface area (Å²) in [5.74, 6) is -0.984. The first-order valence-corrected chi connectivity index (χ1v) is 14.2. The molecule has 8 heteroatoms. The van der Waals surface area contributed by atoms with E-state index in [1.807, 2.05) is 94.4 Å². The molecule has 5 aromatic rings. The van der Waals surface area contributed by atoms with Gasteiger partial charge in [0.05, 0.1) is 16.9 Å². The molecule has 2 aromatic carbocycles. The third-order valence-corrected chi connectivity index (χ3v) is 7.36. The summed E-state index contributed by atoms with van der Waals surface area (Å²) in [6.07, 6.45) is 4.65. The number of alkyl carbamates (subject to hydrolysis) is 1. The highest BCUT2D eigenvalue weighted by Crippen LogP contribution is 2.41. The van der Waals surface area contributed by atoms with Crippen molar-refractivity contribution in [1.29, 1.82) is 0 Å². The number of amides is 1. The Kier molecular flexibility index (Phi) is 8.21. The minimum absolute atomic E-state index is 0.291. The SMILES string of the molecule is CCC(C(=O)O)(c1ccncc1)c1nccc2nc(-c3ccc(CNC(=O)OC(C)(C)C)cc3)c(-c3ccccc3)cc12. The number of nitrogens with one attached hydrogen (secondary N) is 1. The molecule has 0 saturated carbocycles. The Morgan fingerprint density at radius 2 is 1.58 bits per heavy atom. The van der Waals surface area contributed by atoms with Crippen LogP contribution < -0.4 is 5.32 Å². The Labute approximate surface area is 250 Å². The molecule has 1 amide bonds. The summed E-state index contributed by atoms with van der Waals surface area (Å²) >= 11 is 0. The average Bonchev–Trinajstić information content (AvgIpc) is 3.00. The number of carboxylic acid groups (broad SMARTS) is 1. The summed E-state index contributed by atoms with van der Waals surface area (Å²) in [7, 11) is 0. The molecule has 1 unspecified atom stereocenters. The number of fused-ring (bicyclic) bond motifs is 1. The molecule has 3 heterocycles. The highest BCUT2D eigenvalue weighted by atomic mass is 16.6. The maximum atomic E-state index is 13.0. The van der Waals surface area contributed by atoms with Crippen molar-refractivity contribution in [3.05, 3.63) is 114 Å². The Bertz CT molecular complexity index is 1750. The number of aromatic nitrogens is 3. The standard InChI is InChI=1S/C35H34N4O4/c1-5-35(32(40)41,26-15-18-36-19-16-26)31-28-21-27(24-9-7-6-8-10-24)30(39-29(28)17-20-37-31)25-13-11-23(12-14-25)22-38-33(42)43-34(2,3)4/h6-21H,5,22H2,1-4H3,(H,38,42)(H,40,41). The van der Waals surface area contributed by atoms with Gasteiger partial charge in [-0.05, 0) is 68.1 Å². The molecule has 0 bridgehead atoms. The van der Waals surface area contributed by atoms with Gasteiger partial charge in [0, 0.05) is 41.6 Å². The van der Waals surface area contributed by atoms with Gasteiger partial charge < -0.3 is 15.2 Å². The molecule has 0 aliphatic carbocycles. The van der Waals surface area contributed by atoms with Crippen molar-refractivity contribution in [1.82, 2.24) is 20.3 Å². The average molecular weight is 575 g/mol. The number of carboxylic acids is 1. The normalized spacial score (nSPS) is 12.8. The van der Waals surface area contributed by atoms with Crippen molar-refractivity contribution in [2.75, 3.05) is 0 Å². The fraction of sp³-hybridized carbons (Fsp3) is 0.229. The lowest BCUT2D eigenvalue weighted by molar-refractivity contribution is -0.142. The van der Waals surface area contributed by atoms with Crippen molar-refractivity contribution in [2.45, 2.75) is 51.7 Å². The largest absolute Gasteiger partial charge is 0.480 e. The lowest BCUT2D eigenvalue weighted by Crippen LogP contribution is -2.37. The number of carbonyl (C=O) groups is 2. The molecule has 218 valence electrons. The van der Waals surface area contributed by atoms with E-state index in [0.29, 0.717) is 35.1 Å². The van der Waals surface area contributed by atoms with Gasteiger partial charge in [-0.25, -0.2) is 9.78 Å². The fourth-order valence-electron chi connectivity index (χ4n) is 5.28. The minimum Gasteiger partial charge on any atom is -0.480 e. The first-order chi connectivity index (χ1) is 20.6. The molecule has 43 heavy (non-hydrogen) atoms. The van der Waals surface area contributed by atoms with Gasteiger partial charge in [0.1, 0.15) is 11.0 Å². The van der Waals surface area contributed by atoms with Crippen LogP contribution >= 0.6 is 0 Å². The van der Waals surface area contributed by atoms with Crippen LogP contribution in [0.5, 0.6) is 0 Å². The Hall–Kier alpha value is -5.11. The second-order valence-corrected chi connectivity index (χ2v) is 11.3. The maximum Gasteiger partial charge on any atom is 0.407 e. The zero-order chi connectivity index (χ0) is 30.6. The number of pyridine rings is 3. The van der Waals surface area contributed by atoms with Crippen molar-refractivity contribution in [2.24, 2.45) is 0 Å². The van der Waals surface area contributed by atoms with Crippen LogP contribution in [0.1, 0.15) is 50.9 Å². The zero-order valence-corrected chi connectivity index (χ0v) is 24.7. The molecule has 0 saturated heterocycles. The number of aliphatic carboxylic acids is 1. The van der Waals surface area contributed by atoms with Crippen LogP contribution in [0, 0.1) is 0 Å². The van der Waals surface area contributed by atoms with Crippen LogP contribution in [0.2, 0.25) is 0 Å². The number of rotatable bonds is 8. The predicted octanol–water partition coefficient (Wildman–Crippen LogP) is 7.16. The van der Waals surface area contributed by atoms with Gasteiger partial charge in [-0.2, -0.15) is 0 Å². The number of hydrogen-bond donors (Lipinski definition) is 2. The summed E-state index contributed by atoms with van der Waals surface area (Å²) in [4.78, 5) is 39.0. The molecule has 1 atom stereocenters. The smallest absolute Gasteiger partial charge is 0.407 e. The van der Waals surface area contributed by atoms with E-state index in [1.165, 1.54) is 0 Å². The Balaban J connectivity index is 1.62. The van der Waals surface area contributed by atoms with Gasteiger partial charge >= 0.3 is 12.1 Å². The van der Waals surface area contributed by atoms with E-state index in [1.54, 1.807) is 30.7 Å². The topological polar surface area (TPSA) is 114 Å². The summed E-state index contributed by atoms with van der Waals surface area (Å²) in [5, 5.41) is 14.1. The summed E-state index contributed by atoms with van der Waals surface area (Å²) < 4.78 is 5.34. The summed E-state index contributed by atoms with van der Waals surface area (Å²) in [6.45, 7) is 7.65. The van der Waals surface area contributed by atoms with Crippen LogP contribution in [0.25, 0.3) is 33.3 Å². The van der Waals surface area contributed by atoms with Crippen molar-refractivity contribution >= 4 is 23.0 Å². The van der Waals surface area contributed by atoms with E-state index in [-0.39, 0.29) is 0 Å². The molecule has 0 aliphatic rings. The summed E-state index contributed by atoms with van der Waals surface area (Å²) in [6, 6.07) is 25.0. The zero-order valence-electron chi connectivity index (χ0n) is 24.7. The van der Waals surface area contributed by atoms with Crippen LogP contribution in [-0.4, -0.2) is 37.7 Å². The molecule has 5 rings (SSSR count). The fourth-order valence-corrected chi connectivity index (χ4v) is 5.28. The number of benzene rings is 2. The van der Waals surface area contributed by atoms with E-state index in [0.717, 1.165) is 27.9 Å². The van der Waals surface area contributed by atoms with Crippen molar-refractivity contribution in [3.63, 3.8) is 0 Å². The van der Waals surface area contributed by atoms with Gasteiger partial charge in [0.15, 0.2) is 0 Å². The van der Waals surface area contributed by atoms with Gasteiger partial charge in [0.2, 0.25) is 0 Å². The second kappa shape index (κ2) is 12.0.